The monoisotopic (exact) mass is 278 g/mol. The molecule has 2 aliphatic rings. The summed E-state index contributed by atoms with van der Waals surface area (Å²) in [5.74, 6) is 0.860. The molecule has 0 amide bonds. The third kappa shape index (κ3) is 2.22. The predicted octanol–water partition coefficient (Wildman–Crippen LogP) is 1.47. The molecule has 0 aliphatic carbocycles. The van der Waals surface area contributed by atoms with Gasteiger partial charge in [0.1, 0.15) is 11.6 Å². The summed E-state index contributed by atoms with van der Waals surface area (Å²) >= 11 is 0. The second-order valence-electron chi connectivity index (χ2n) is 6.14. The molecule has 0 radical (unpaired) electrons. The quantitative estimate of drug-likeness (QED) is 0.906. The lowest BCUT2D eigenvalue weighted by atomic mass is 9.98. The lowest BCUT2D eigenvalue weighted by Gasteiger charge is -2.29. The number of likely N-dealkylation sites (tertiary alicyclic amines) is 1. The minimum Gasteiger partial charge on any atom is -0.481 e. The molecule has 6 nitrogen and oxygen atoms in total. The first-order chi connectivity index (χ1) is 9.58. The van der Waals surface area contributed by atoms with Crippen molar-refractivity contribution in [1.82, 2.24) is 19.7 Å². The van der Waals surface area contributed by atoms with Crippen LogP contribution >= 0.6 is 0 Å². The summed E-state index contributed by atoms with van der Waals surface area (Å²) in [5.41, 5.74) is 0. The van der Waals surface area contributed by atoms with Crippen molar-refractivity contribution in [2.45, 2.75) is 58.2 Å². The van der Waals surface area contributed by atoms with E-state index in [4.69, 9.17) is 5.11 Å². The number of nitrogens with zero attached hydrogens (tertiary/aromatic N) is 4. The predicted molar refractivity (Wildman–Crippen MR) is 73.3 cm³/mol. The number of hydrogen-bond donors (Lipinski definition) is 1. The first-order valence-corrected chi connectivity index (χ1v) is 7.48. The van der Waals surface area contributed by atoms with Gasteiger partial charge in [-0.3, -0.25) is 9.69 Å². The molecule has 110 valence electrons. The number of carboxylic acid groups (broad SMARTS) is 1. The van der Waals surface area contributed by atoms with Crippen LogP contribution < -0.4 is 0 Å². The molecule has 20 heavy (non-hydrogen) atoms. The van der Waals surface area contributed by atoms with E-state index in [1.807, 2.05) is 0 Å². The molecule has 2 unspecified atom stereocenters. The molecule has 1 saturated heterocycles. The summed E-state index contributed by atoms with van der Waals surface area (Å²) in [6, 6.07) is 0.850. The first kappa shape index (κ1) is 13.5. The summed E-state index contributed by atoms with van der Waals surface area (Å²) in [6.45, 7) is 6.28. The molecule has 3 rings (SSSR count). The fourth-order valence-electron chi connectivity index (χ4n) is 3.49. The molecule has 1 N–H and O–H groups in total. The van der Waals surface area contributed by atoms with Crippen molar-refractivity contribution < 1.29 is 9.90 Å². The van der Waals surface area contributed by atoms with E-state index in [0.717, 1.165) is 31.2 Å². The Kier molecular flexibility index (Phi) is 3.50. The van der Waals surface area contributed by atoms with Gasteiger partial charge in [0.2, 0.25) is 0 Å². The molecule has 0 bridgehead atoms. The van der Waals surface area contributed by atoms with Gasteiger partial charge in [-0.2, -0.15) is 0 Å². The highest BCUT2D eigenvalue weighted by Gasteiger charge is 2.35. The highest BCUT2D eigenvalue weighted by atomic mass is 16.4. The van der Waals surface area contributed by atoms with Gasteiger partial charge in [0.15, 0.2) is 0 Å². The lowest BCUT2D eigenvalue weighted by Crippen LogP contribution is -2.33. The number of fused-ring (bicyclic) bond motifs is 1. The Balaban J connectivity index is 1.85. The zero-order chi connectivity index (χ0) is 14.3. The van der Waals surface area contributed by atoms with Gasteiger partial charge in [-0.25, -0.2) is 0 Å². The van der Waals surface area contributed by atoms with Crippen LogP contribution in [0.4, 0.5) is 0 Å². The van der Waals surface area contributed by atoms with Gasteiger partial charge in [0.05, 0.1) is 12.0 Å². The Morgan fingerprint density at radius 2 is 2.10 bits per heavy atom. The second kappa shape index (κ2) is 5.16. The summed E-state index contributed by atoms with van der Waals surface area (Å²) < 4.78 is 2.16. The molecule has 1 aromatic rings. The molecule has 3 heterocycles. The maximum absolute atomic E-state index is 11.1. The Hall–Kier alpha value is -1.43. The van der Waals surface area contributed by atoms with Crippen LogP contribution in [0.1, 0.15) is 50.8 Å². The minimum absolute atomic E-state index is 0.302. The molecule has 0 saturated carbocycles. The van der Waals surface area contributed by atoms with Gasteiger partial charge in [0, 0.05) is 19.0 Å². The maximum atomic E-state index is 11.1. The Morgan fingerprint density at radius 3 is 2.80 bits per heavy atom. The Bertz CT molecular complexity index is 511. The highest BCUT2D eigenvalue weighted by Crippen LogP contribution is 2.34. The van der Waals surface area contributed by atoms with E-state index >= 15 is 0 Å². The largest absolute Gasteiger partial charge is 0.481 e. The fraction of sp³-hybridized carbons (Fsp3) is 0.786. The van der Waals surface area contributed by atoms with Crippen molar-refractivity contribution in [2.75, 3.05) is 6.54 Å². The van der Waals surface area contributed by atoms with Crippen LogP contribution in [0.3, 0.4) is 0 Å². The Morgan fingerprint density at radius 1 is 1.30 bits per heavy atom. The number of aliphatic carboxylic acids is 1. The molecular weight excluding hydrogens is 256 g/mol. The Labute approximate surface area is 118 Å². The average molecular weight is 278 g/mol. The van der Waals surface area contributed by atoms with Crippen LogP contribution in [0.15, 0.2) is 0 Å². The number of carbonyl (C=O) groups is 1. The van der Waals surface area contributed by atoms with Crippen molar-refractivity contribution >= 4 is 5.97 Å². The van der Waals surface area contributed by atoms with E-state index < -0.39 is 5.97 Å². The molecule has 1 fully saturated rings. The standard InChI is InChI=1S/C14H22N4O2/c1-9(2)17-6-3-4-11(17)13-16-15-12-8-10(14(19)20)5-7-18(12)13/h9-11H,3-8H2,1-2H3,(H,19,20). The normalized spacial score (nSPS) is 26.9. The third-order valence-corrected chi connectivity index (χ3v) is 4.59. The van der Waals surface area contributed by atoms with Crippen molar-refractivity contribution in [3.8, 4) is 0 Å². The minimum atomic E-state index is -0.717. The molecule has 2 atom stereocenters. The summed E-state index contributed by atoms with van der Waals surface area (Å²) in [5, 5.41) is 17.8. The zero-order valence-corrected chi connectivity index (χ0v) is 12.1. The van der Waals surface area contributed by atoms with Crippen molar-refractivity contribution in [3.63, 3.8) is 0 Å². The van der Waals surface area contributed by atoms with E-state index in [9.17, 15) is 4.79 Å². The highest BCUT2D eigenvalue weighted by molar-refractivity contribution is 5.70. The number of aromatic nitrogens is 3. The van der Waals surface area contributed by atoms with Gasteiger partial charge in [-0.05, 0) is 39.7 Å². The van der Waals surface area contributed by atoms with E-state index in [1.54, 1.807) is 0 Å². The van der Waals surface area contributed by atoms with E-state index in [1.165, 1.54) is 6.42 Å². The van der Waals surface area contributed by atoms with Crippen LogP contribution in [0.5, 0.6) is 0 Å². The van der Waals surface area contributed by atoms with Crippen LogP contribution in [0, 0.1) is 5.92 Å². The number of carboxylic acids is 1. The average Bonchev–Trinajstić information content (AvgIpc) is 3.03. The molecular formula is C14H22N4O2. The van der Waals surface area contributed by atoms with Gasteiger partial charge in [-0.15, -0.1) is 10.2 Å². The van der Waals surface area contributed by atoms with E-state index in [0.29, 0.717) is 24.9 Å². The molecule has 0 aromatic carbocycles. The van der Waals surface area contributed by atoms with E-state index in [-0.39, 0.29) is 5.92 Å². The van der Waals surface area contributed by atoms with E-state index in [2.05, 4.69) is 33.5 Å². The molecule has 6 heteroatoms. The van der Waals surface area contributed by atoms with Gasteiger partial charge in [-0.1, -0.05) is 0 Å². The number of rotatable bonds is 3. The zero-order valence-electron chi connectivity index (χ0n) is 12.1. The van der Waals surface area contributed by atoms with Crippen molar-refractivity contribution in [2.24, 2.45) is 5.92 Å². The van der Waals surface area contributed by atoms with Gasteiger partial charge >= 0.3 is 5.97 Å². The van der Waals surface area contributed by atoms with Crippen LogP contribution in [0.25, 0.3) is 0 Å². The van der Waals surface area contributed by atoms with Crippen LogP contribution in [-0.2, 0) is 17.8 Å². The van der Waals surface area contributed by atoms with Crippen molar-refractivity contribution in [3.05, 3.63) is 11.6 Å². The van der Waals surface area contributed by atoms with Gasteiger partial charge < -0.3 is 9.67 Å². The summed E-state index contributed by atoms with van der Waals surface area (Å²) in [4.78, 5) is 13.6. The molecule has 1 aromatic heterocycles. The smallest absolute Gasteiger partial charge is 0.307 e. The first-order valence-electron chi connectivity index (χ1n) is 7.48. The van der Waals surface area contributed by atoms with Gasteiger partial charge in [0.25, 0.3) is 0 Å². The summed E-state index contributed by atoms with van der Waals surface area (Å²) in [6.07, 6.45) is 3.51. The molecule has 2 aliphatic heterocycles. The lowest BCUT2D eigenvalue weighted by molar-refractivity contribution is -0.142. The second-order valence-corrected chi connectivity index (χ2v) is 6.14. The van der Waals surface area contributed by atoms with Crippen molar-refractivity contribution in [1.29, 1.82) is 0 Å². The maximum Gasteiger partial charge on any atom is 0.307 e. The van der Waals surface area contributed by atoms with Crippen LogP contribution in [-0.4, -0.2) is 43.3 Å². The molecule has 0 spiro atoms. The summed E-state index contributed by atoms with van der Waals surface area (Å²) in [7, 11) is 0. The van der Waals surface area contributed by atoms with Crippen LogP contribution in [0.2, 0.25) is 0 Å². The SMILES string of the molecule is CC(C)N1CCCC1c1nnc2n1CCC(C(=O)O)C2. The number of hydrogen-bond acceptors (Lipinski definition) is 4. The fourth-order valence-corrected chi connectivity index (χ4v) is 3.49. The topological polar surface area (TPSA) is 71.2 Å². The third-order valence-electron chi connectivity index (χ3n) is 4.59.